The summed E-state index contributed by atoms with van der Waals surface area (Å²) >= 11 is 0. The van der Waals surface area contributed by atoms with Crippen molar-refractivity contribution in [3.05, 3.63) is 0 Å². The van der Waals surface area contributed by atoms with Crippen molar-refractivity contribution < 1.29 is 9.90 Å². The van der Waals surface area contributed by atoms with Crippen LogP contribution in [0.1, 0.15) is 32.1 Å². The van der Waals surface area contributed by atoms with Crippen molar-refractivity contribution in [2.24, 2.45) is 29.6 Å². The van der Waals surface area contributed by atoms with E-state index < -0.39 is 5.97 Å². The van der Waals surface area contributed by atoms with Gasteiger partial charge < -0.3 is 5.11 Å². The fourth-order valence-electron chi connectivity index (χ4n) is 4.08. The summed E-state index contributed by atoms with van der Waals surface area (Å²) in [4.78, 5) is 11.0. The highest BCUT2D eigenvalue weighted by molar-refractivity contribution is 5.70. The Hall–Kier alpha value is -0.530. The highest BCUT2D eigenvalue weighted by atomic mass is 16.4. The topological polar surface area (TPSA) is 37.3 Å². The Morgan fingerprint density at radius 3 is 2.23 bits per heavy atom. The molecule has 0 saturated heterocycles. The molecule has 1 N–H and O–H groups in total. The zero-order valence-electron chi connectivity index (χ0n) is 7.78. The number of fused-ring (bicyclic) bond motifs is 2. The molecule has 4 rings (SSSR count). The van der Waals surface area contributed by atoms with Crippen LogP contribution < -0.4 is 0 Å². The van der Waals surface area contributed by atoms with Crippen molar-refractivity contribution in [3.8, 4) is 0 Å². The van der Waals surface area contributed by atoms with E-state index in [0.29, 0.717) is 5.92 Å². The minimum Gasteiger partial charge on any atom is -0.481 e. The summed E-state index contributed by atoms with van der Waals surface area (Å²) in [7, 11) is 0. The molecule has 0 amide bonds. The molecule has 4 fully saturated rings. The lowest BCUT2D eigenvalue weighted by molar-refractivity contribution is -0.158. The van der Waals surface area contributed by atoms with Gasteiger partial charge in [-0.3, -0.25) is 4.79 Å². The Bertz CT molecular complexity index is 246. The predicted molar refractivity (Wildman–Crippen MR) is 48.2 cm³/mol. The van der Waals surface area contributed by atoms with E-state index >= 15 is 0 Å². The number of hydrogen-bond acceptors (Lipinski definition) is 1. The summed E-state index contributed by atoms with van der Waals surface area (Å²) in [6.45, 7) is 0. The van der Waals surface area contributed by atoms with Crippen molar-refractivity contribution in [2.75, 3.05) is 0 Å². The van der Waals surface area contributed by atoms with E-state index in [-0.39, 0.29) is 5.92 Å². The third-order valence-electron chi connectivity index (χ3n) is 4.80. The van der Waals surface area contributed by atoms with Gasteiger partial charge in [0, 0.05) is 0 Å². The maximum absolute atomic E-state index is 11.0. The van der Waals surface area contributed by atoms with Crippen molar-refractivity contribution in [2.45, 2.75) is 32.1 Å². The second kappa shape index (κ2) is 2.49. The van der Waals surface area contributed by atoms with Gasteiger partial charge in [0.1, 0.15) is 0 Å². The molecule has 0 aromatic rings. The third-order valence-corrected chi connectivity index (χ3v) is 4.80. The quantitative estimate of drug-likeness (QED) is 0.671. The Morgan fingerprint density at radius 2 is 1.69 bits per heavy atom. The van der Waals surface area contributed by atoms with Crippen molar-refractivity contribution in [1.29, 1.82) is 0 Å². The molecule has 4 saturated carbocycles. The number of aliphatic carboxylic acids is 1. The molecule has 5 unspecified atom stereocenters. The molecule has 0 heterocycles. The largest absolute Gasteiger partial charge is 0.481 e. The molecule has 2 heteroatoms. The van der Waals surface area contributed by atoms with Crippen LogP contribution in [0.3, 0.4) is 0 Å². The van der Waals surface area contributed by atoms with E-state index in [4.69, 9.17) is 5.11 Å². The van der Waals surface area contributed by atoms with E-state index in [0.717, 1.165) is 24.2 Å². The van der Waals surface area contributed by atoms with Crippen molar-refractivity contribution in [1.82, 2.24) is 0 Å². The van der Waals surface area contributed by atoms with Crippen LogP contribution in [-0.2, 0) is 4.79 Å². The average Bonchev–Trinajstić information content (AvgIpc) is 2.03. The molecule has 2 nitrogen and oxygen atoms in total. The Labute approximate surface area is 78.3 Å². The van der Waals surface area contributed by atoms with Gasteiger partial charge in [0.2, 0.25) is 0 Å². The Morgan fingerprint density at radius 1 is 1.00 bits per heavy atom. The molecule has 0 aromatic carbocycles. The minimum absolute atomic E-state index is 0.0142. The minimum atomic E-state index is -0.528. The van der Waals surface area contributed by atoms with E-state index in [1.165, 1.54) is 25.7 Å². The summed E-state index contributed by atoms with van der Waals surface area (Å²) in [6, 6.07) is 0. The zero-order chi connectivity index (χ0) is 9.00. The average molecular weight is 180 g/mol. The summed E-state index contributed by atoms with van der Waals surface area (Å²) in [5, 5.41) is 9.09. The van der Waals surface area contributed by atoms with Crippen LogP contribution in [-0.4, -0.2) is 11.1 Å². The molecule has 0 aliphatic heterocycles. The number of carboxylic acids is 1. The molecule has 4 aliphatic carbocycles. The summed E-state index contributed by atoms with van der Waals surface area (Å²) in [6.07, 6.45) is 6.20. The smallest absolute Gasteiger partial charge is 0.306 e. The van der Waals surface area contributed by atoms with Gasteiger partial charge in [-0.25, -0.2) is 0 Å². The molecule has 0 radical (unpaired) electrons. The van der Waals surface area contributed by atoms with Gasteiger partial charge in [-0.1, -0.05) is 0 Å². The van der Waals surface area contributed by atoms with Crippen LogP contribution >= 0.6 is 0 Å². The SMILES string of the molecule is O=C(O)C1CC2CCC1C1CCC21. The van der Waals surface area contributed by atoms with Gasteiger partial charge in [-0.15, -0.1) is 0 Å². The number of hydrogen-bond donors (Lipinski definition) is 1. The van der Waals surface area contributed by atoms with Crippen LogP contribution in [0.15, 0.2) is 0 Å². The van der Waals surface area contributed by atoms with Crippen LogP contribution in [0.4, 0.5) is 0 Å². The molecule has 72 valence electrons. The number of carboxylic acid groups (broad SMARTS) is 1. The van der Waals surface area contributed by atoms with Gasteiger partial charge in [-0.2, -0.15) is 0 Å². The Kier molecular flexibility index (Phi) is 1.50. The normalized spacial score (nSPS) is 52.5. The molecular formula is C11H16O2. The van der Waals surface area contributed by atoms with Gasteiger partial charge in [-0.05, 0) is 55.8 Å². The first kappa shape index (κ1) is 7.84. The van der Waals surface area contributed by atoms with Crippen LogP contribution in [0.2, 0.25) is 0 Å². The monoisotopic (exact) mass is 180 g/mol. The standard InChI is InChI=1S/C11H16O2/c12-11(13)10-5-6-1-2-9(10)8-4-3-7(6)8/h6-10H,1-5H2,(H,12,13). The summed E-state index contributed by atoms with van der Waals surface area (Å²) < 4.78 is 0. The number of rotatable bonds is 1. The lowest BCUT2D eigenvalue weighted by atomic mass is 9.47. The predicted octanol–water partition coefficient (Wildman–Crippen LogP) is 2.14. The molecule has 2 bridgehead atoms. The first-order valence-corrected chi connectivity index (χ1v) is 5.50. The highest BCUT2D eigenvalue weighted by Crippen LogP contribution is 2.59. The number of carbonyl (C=O) groups is 1. The van der Waals surface area contributed by atoms with Crippen molar-refractivity contribution >= 4 is 5.97 Å². The van der Waals surface area contributed by atoms with Crippen LogP contribution in [0, 0.1) is 29.6 Å². The first-order valence-electron chi connectivity index (χ1n) is 5.50. The third kappa shape index (κ3) is 0.918. The van der Waals surface area contributed by atoms with Crippen molar-refractivity contribution in [3.63, 3.8) is 0 Å². The first-order chi connectivity index (χ1) is 6.27. The van der Waals surface area contributed by atoms with E-state index in [9.17, 15) is 4.79 Å². The van der Waals surface area contributed by atoms with Crippen LogP contribution in [0.25, 0.3) is 0 Å². The molecular weight excluding hydrogens is 164 g/mol. The molecule has 13 heavy (non-hydrogen) atoms. The second-order valence-electron chi connectivity index (χ2n) is 5.09. The van der Waals surface area contributed by atoms with E-state index in [1.807, 2.05) is 0 Å². The maximum atomic E-state index is 11.0. The fourth-order valence-corrected chi connectivity index (χ4v) is 4.08. The van der Waals surface area contributed by atoms with E-state index in [1.54, 1.807) is 0 Å². The second-order valence-corrected chi connectivity index (χ2v) is 5.09. The summed E-state index contributed by atoms with van der Waals surface area (Å²) in [5.74, 6) is 2.52. The van der Waals surface area contributed by atoms with Gasteiger partial charge in [0.25, 0.3) is 0 Å². The molecule has 4 aliphatic rings. The Balaban J connectivity index is 1.86. The zero-order valence-corrected chi connectivity index (χ0v) is 7.78. The maximum Gasteiger partial charge on any atom is 0.306 e. The van der Waals surface area contributed by atoms with Gasteiger partial charge >= 0.3 is 5.97 Å². The van der Waals surface area contributed by atoms with Gasteiger partial charge in [0.05, 0.1) is 5.92 Å². The molecule has 5 atom stereocenters. The van der Waals surface area contributed by atoms with E-state index in [2.05, 4.69) is 0 Å². The molecule has 0 spiro atoms. The lowest BCUT2D eigenvalue weighted by Gasteiger charge is -2.57. The summed E-state index contributed by atoms with van der Waals surface area (Å²) in [5.41, 5.74) is 0. The van der Waals surface area contributed by atoms with Crippen LogP contribution in [0.5, 0.6) is 0 Å². The van der Waals surface area contributed by atoms with Gasteiger partial charge in [0.15, 0.2) is 0 Å². The fraction of sp³-hybridized carbons (Fsp3) is 0.909. The molecule has 0 aromatic heterocycles. The lowest BCUT2D eigenvalue weighted by Crippen LogP contribution is -2.52. The highest BCUT2D eigenvalue weighted by Gasteiger charge is 2.54.